The lowest BCUT2D eigenvalue weighted by atomic mass is 10.1. The molecule has 22 heavy (non-hydrogen) atoms. The number of amides is 1. The average Bonchev–Trinajstić information content (AvgIpc) is 2.49. The first-order valence-electron chi connectivity index (χ1n) is 8.03. The lowest BCUT2D eigenvalue weighted by Crippen LogP contribution is -2.48. The Kier molecular flexibility index (Phi) is 6.68. The monoisotopic (exact) mass is 323 g/mol. The molecular weight excluding hydrogens is 298 g/mol. The van der Waals surface area contributed by atoms with Gasteiger partial charge in [0, 0.05) is 26.2 Å². The number of piperazine rings is 1. The van der Waals surface area contributed by atoms with Gasteiger partial charge in [0.05, 0.1) is 17.3 Å². The summed E-state index contributed by atoms with van der Waals surface area (Å²) in [5, 5.41) is 3.46. The van der Waals surface area contributed by atoms with Gasteiger partial charge >= 0.3 is 0 Å². The molecule has 1 aromatic rings. The van der Waals surface area contributed by atoms with E-state index in [1.165, 1.54) is 6.42 Å². The highest BCUT2D eigenvalue weighted by molar-refractivity contribution is 6.33. The summed E-state index contributed by atoms with van der Waals surface area (Å²) in [5.41, 5.74) is 0.685. The van der Waals surface area contributed by atoms with E-state index in [4.69, 9.17) is 11.6 Å². The molecule has 5 heteroatoms. The molecule has 1 fully saturated rings. The third-order valence-corrected chi connectivity index (χ3v) is 4.33. The SMILES string of the molecule is CC(C)CCN1CCN(CC(=O)Nc2ccccc2Cl)CC1. The van der Waals surface area contributed by atoms with Gasteiger partial charge in [-0.3, -0.25) is 9.69 Å². The summed E-state index contributed by atoms with van der Waals surface area (Å²) in [5.74, 6) is 0.753. The standard InChI is InChI=1S/C17H26ClN3O/c1-14(2)7-8-20-9-11-21(12-10-20)13-17(22)19-16-6-4-3-5-15(16)18/h3-6,14H,7-13H2,1-2H3,(H,19,22). The summed E-state index contributed by atoms with van der Waals surface area (Å²) in [4.78, 5) is 16.8. The second kappa shape index (κ2) is 8.51. The molecule has 1 amide bonds. The summed E-state index contributed by atoms with van der Waals surface area (Å²) in [7, 11) is 0. The van der Waals surface area contributed by atoms with Crippen LogP contribution in [0.1, 0.15) is 20.3 Å². The first-order valence-corrected chi connectivity index (χ1v) is 8.41. The van der Waals surface area contributed by atoms with Crippen molar-refractivity contribution in [3.63, 3.8) is 0 Å². The normalized spacial score (nSPS) is 16.9. The van der Waals surface area contributed by atoms with E-state index in [1.54, 1.807) is 6.07 Å². The fourth-order valence-electron chi connectivity index (χ4n) is 2.57. The molecule has 1 aromatic carbocycles. The van der Waals surface area contributed by atoms with E-state index in [1.807, 2.05) is 18.2 Å². The third-order valence-electron chi connectivity index (χ3n) is 4.00. The van der Waals surface area contributed by atoms with Crippen molar-refractivity contribution in [3.8, 4) is 0 Å². The van der Waals surface area contributed by atoms with Crippen molar-refractivity contribution in [1.29, 1.82) is 0 Å². The van der Waals surface area contributed by atoms with Crippen LogP contribution in [0.25, 0.3) is 0 Å². The van der Waals surface area contributed by atoms with Crippen LogP contribution in [0.3, 0.4) is 0 Å². The van der Waals surface area contributed by atoms with Crippen LogP contribution in [-0.4, -0.2) is 55.0 Å². The third kappa shape index (κ3) is 5.59. The van der Waals surface area contributed by atoms with Gasteiger partial charge in [-0.15, -0.1) is 0 Å². The molecular formula is C17H26ClN3O. The van der Waals surface area contributed by atoms with E-state index >= 15 is 0 Å². The number of rotatable bonds is 6. The highest BCUT2D eigenvalue weighted by Gasteiger charge is 2.19. The Morgan fingerprint density at radius 3 is 2.45 bits per heavy atom. The minimum Gasteiger partial charge on any atom is -0.324 e. The lowest BCUT2D eigenvalue weighted by Gasteiger charge is -2.34. The fraction of sp³-hybridized carbons (Fsp3) is 0.588. The van der Waals surface area contributed by atoms with E-state index in [9.17, 15) is 4.79 Å². The Balaban J connectivity index is 1.72. The highest BCUT2D eigenvalue weighted by atomic mass is 35.5. The molecule has 0 aliphatic carbocycles. The number of halogens is 1. The van der Waals surface area contributed by atoms with Crippen LogP contribution in [0.5, 0.6) is 0 Å². The molecule has 0 radical (unpaired) electrons. The van der Waals surface area contributed by atoms with Gasteiger partial charge < -0.3 is 10.2 Å². The first-order chi connectivity index (χ1) is 10.5. The predicted octanol–water partition coefficient (Wildman–Crippen LogP) is 2.94. The van der Waals surface area contributed by atoms with Gasteiger partial charge in [0.2, 0.25) is 5.91 Å². The van der Waals surface area contributed by atoms with Crippen LogP contribution in [-0.2, 0) is 4.79 Å². The van der Waals surface area contributed by atoms with Crippen LogP contribution >= 0.6 is 11.6 Å². The molecule has 1 N–H and O–H groups in total. The van der Waals surface area contributed by atoms with Gasteiger partial charge in [-0.25, -0.2) is 0 Å². The topological polar surface area (TPSA) is 35.6 Å². The number of benzene rings is 1. The van der Waals surface area contributed by atoms with Gasteiger partial charge in [0.1, 0.15) is 0 Å². The lowest BCUT2D eigenvalue weighted by molar-refractivity contribution is -0.117. The second-order valence-electron chi connectivity index (χ2n) is 6.33. The quantitative estimate of drug-likeness (QED) is 0.874. The molecule has 122 valence electrons. The van der Waals surface area contributed by atoms with E-state index in [2.05, 4.69) is 29.0 Å². The molecule has 0 unspecified atom stereocenters. The van der Waals surface area contributed by atoms with E-state index in [0.717, 1.165) is 38.6 Å². The van der Waals surface area contributed by atoms with Crippen LogP contribution in [0, 0.1) is 5.92 Å². The molecule has 1 heterocycles. The first kappa shape index (κ1) is 17.3. The van der Waals surface area contributed by atoms with Gasteiger partial charge in [0.15, 0.2) is 0 Å². The fourth-order valence-corrected chi connectivity index (χ4v) is 2.75. The summed E-state index contributed by atoms with van der Waals surface area (Å²) in [6, 6.07) is 7.33. The number of carbonyl (C=O) groups is 1. The molecule has 0 atom stereocenters. The van der Waals surface area contributed by atoms with Crippen molar-refractivity contribution in [2.24, 2.45) is 5.92 Å². The van der Waals surface area contributed by atoms with Crippen LogP contribution in [0.4, 0.5) is 5.69 Å². The van der Waals surface area contributed by atoms with Crippen molar-refractivity contribution in [2.75, 3.05) is 44.6 Å². The highest BCUT2D eigenvalue weighted by Crippen LogP contribution is 2.20. The number of carbonyl (C=O) groups excluding carboxylic acids is 1. The van der Waals surface area contributed by atoms with Gasteiger partial charge in [-0.2, -0.15) is 0 Å². The second-order valence-corrected chi connectivity index (χ2v) is 6.74. The molecule has 0 saturated carbocycles. The van der Waals surface area contributed by atoms with Crippen molar-refractivity contribution in [2.45, 2.75) is 20.3 Å². The van der Waals surface area contributed by atoms with Crippen LogP contribution < -0.4 is 5.32 Å². The van der Waals surface area contributed by atoms with Crippen molar-refractivity contribution in [3.05, 3.63) is 29.3 Å². The molecule has 1 aliphatic heterocycles. The van der Waals surface area contributed by atoms with E-state index < -0.39 is 0 Å². The zero-order chi connectivity index (χ0) is 15.9. The maximum atomic E-state index is 12.1. The number of para-hydroxylation sites is 1. The maximum absolute atomic E-state index is 12.1. The van der Waals surface area contributed by atoms with Crippen LogP contribution in [0.15, 0.2) is 24.3 Å². The Morgan fingerprint density at radius 2 is 1.82 bits per heavy atom. The molecule has 4 nitrogen and oxygen atoms in total. The van der Waals surface area contributed by atoms with Crippen molar-refractivity contribution < 1.29 is 4.79 Å². The van der Waals surface area contributed by atoms with Gasteiger partial charge in [-0.1, -0.05) is 37.6 Å². The molecule has 1 aliphatic rings. The zero-order valence-electron chi connectivity index (χ0n) is 13.5. The Morgan fingerprint density at radius 1 is 1.18 bits per heavy atom. The molecule has 0 aromatic heterocycles. The summed E-state index contributed by atoms with van der Waals surface area (Å²) in [6.07, 6.45) is 1.24. The van der Waals surface area contributed by atoms with Crippen molar-refractivity contribution in [1.82, 2.24) is 9.80 Å². The summed E-state index contributed by atoms with van der Waals surface area (Å²) < 4.78 is 0. The number of nitrogens with one attached hydrogen (secondary N) is 1. The largest absolute Gasteiger partial charge is 0.324 e. The van der Waals surface area contributed by atoms with Gasteiger partial charge in [0.25, 0.3) is 0 Å². The Hall–Kier alpha value is -1.10. The molecule has 0 bridgehead atoms. The predicted molar refractivity (Wildman–Crippen MR) is 92.4 cm³/mol. The number of hydrogen-bond acceptors (Lipinski definition) is 3. The van der Waals surface area contributed by atoms with Crippen molar-refractivity contribution >= 4 is 23.2 Å². The minimum absolute atomic E-state index is 0.00345. The van der Waals surface area contributed by atoms with E-state index in [0.29, 0.717) is 17.3 Å². The Bertz CT molecular complexity index is 485. The number of anilines is 1. The maximum Gasteiger partial charge on any atom is 0.238 e. The number of nitrogens with zero attached hydrogens (tertiary/aromatic N) is 2. The number of hydrogen-bond donors (Lipinski definition) is 1. The molecule has 0 spiro atoms. The average molecular weight is 324 g/mol. The minimum atomic E-state index is 0.00345. The zero-order valence-corrected chi connectivity index (χ0v) is 14.3. The smallest absolute Gasteiger partial charge is 0.238 e. The van der Waals surface area contributed by atoms with Crippen LogP contribution in [0.2, 0.25) is 5.02 Å². The van der Waals surface area contributed by atoms with Gasteiger partial charge in [-0.05, 0) is 31.0 Å². The summed E-state index contributed by atoms with van der Waals surface area (Å²) in [6.45, 7) is 10.1. The Labute approximate surface area is 138 Å². The molecule has 1 saturated heterocycles. The molecule has 2 rings (SSSR count). The van der Waals surface area contributed by atoms with E-state index in [-0.39, 0.29) is 5.91 Å². The summed E-state index contributed by atoms with van der Waals surface area (Å²) >= 11 is 6.06.